The number of nitrogens with zero attached hydrogens (tertiary/aromatic N) is 1. The van der Waals surface area contributed by atoms with Crippen LogP contribution in [-0.2, 0) is 9.59 Å². The molecule has 0 bridgehead atoms. The topological polar surface area (TPSA) is 57.6 Å². The normalized spacial score (nSPS) is 22.4. The first-order valence-electron chi connectivity index (χ1n) is 5.71. The summed E-state index contributed by atoms with van der Waals surface area (Å²) in [6, 6.07) is 2.97. The third-order valence-electron chi connectivity index (χ3n) is 2.92. The van der Waals surface area contributed by atoms with Crippen molar-refractivity contribution in [3.8, 4) is 0 Å². The first kappa shape index (κ1) is 15.6. The van der Waals surface area contributed by atoms with Gasteiger partial charge in [0.25, 0.3) is 0 Å². The van der Waals surface area contributed by atoms with E-state index in [2.05, 4.69) is 0 Å². The molecule has 1 N–H and O–H groups in total. The lowest BCUT2D eigenvalue weighted by Crippen LogP contribution is -2.48. The number of carboxylic acid groups (broad SMARTS) is 1. The van der Waals surface area contributed by atoms with Crippen LogP contribution in [0.2, 0.25) is 0 Å². The summed E-state index contributed by atoms with van der Waals surface area (Å²) < 4.78 is 50.8. The number of halogens is 4. The van der Waals surface area contributed by atoms with Crippen LogP contribution in [-0.4, -0.2) is 39.9 Å². The monoisotopic (exact) mass is 323 g/mol. The van der Waals surface area contributed by atoms with E-state index in [1.807, 2.05) is 0 Å². The second-order valence-corrected chi connectivity index (χ2v) is 5.41. The van der Waals surface area contributed by atoms with Crippen LogP contribution in [0, 0.1) is 5.82 Å². The number of carbonyl (C=O) groups is 2. The molecule has 2 atom stereocenters. The highest BCUT2D eigenvalue weighted by Crippen LogP contribution is 2.43. The average molecular weight is 323 g/mol. The Morgan fingerprint density at radius 2 is 1.81 bits per heavy atom. The SMILES string of the molecule is O=C(O)C1CSC(c2ccc(F)cc2)N1C(=O)C(F)(F)F. The second kappa shape index (κ2) is 5.55. The molecule has 2 rings (SSSR count). The lowest BCUT2D eigenvalue weighted by atomic mass is 10.1. The number of hydrogen-bond donors (Lipinski definition) is 1. The number of rotatable bonds is 2. The predicted molar refractivity (Wildman–Crippen MR) is 65.9 cm³/mol. The molecule has 21 heavy (non-hydrogen) atoms. The molecule has 9 heteroatoms. The number of carbonyl (C=O) groups excluding carboxylic acids is 1. The van der Waals surface area contributed by atoms with E-state index < -0.39 is 35.3 Å². The molecule has 1 aromatic rings. The number of aliphatic carboxylic acids is 1. The van der Waals surface area contributed by atoms with Crippen LogP contribution in [0.1, 0.15) is 10.9 Å². The van der Waals surface area contributed by atoms with Gasteiger partial charge < -0.3 is 10.0 Å². The van der Waals surface area contributed by atoms with E-state index in [4.69, 9.17) is 5.11 Å². The number of thioether (sulfide) groups is 1. The van der Waals surface area contributed by atoms with E-state index >= 15 is 0 Å². The van der Waals surface area contributed by atoms with Gasteiger partial charge in [-0.2, -0.15) is 13.2 Å². The fourth-order valence-electron chi connectivity index (χ4n) is 1.98. The molecule has 1 fully saturated rings. The van der Waals surface area contributed by atoms with Crippen LogP contribution in [0.15, 0.2) is 24.3 Å². The lowest BCUT2D eigenvalue weighted by molar-refractivity contribution is -0.189. The molecule has 0 spiro atoms. The fraction of sp³-hybridized carbons (Fsp3) is 0.333. The van der Waals surface area contributed by atoms with Gasteiger partial charge in [0.05, 0.1) is 0 Å². The van der Waals surface area contributed by atoms with Gasteiger partial charge in [-0.15, -0.1) is 11.8 Å². The van der Waals surface area contributed by atoms with E-state index in [0.717, 1.165) is 23.9 Å². The second-order valence-electron chi connectivity index (χ2n) is 4.30. The predicted octanol–water partition coefficient (Wildman–Crippen LogP) is 2.42. The Bertz CT molecular complexity index is 561. The molecule has 1 aromatic carbocycles. The van der Waals surface area contributed by atoms with Gasteiger partial charge in [-0.1, -0.05) is 12.1 Å². The Hall–Kier alpha value is -1.77. The van der Waals surface area contributed by atoms with Crippen LogP contribution in [0.3, 0.4) is 0 Å². The van der Waals surface area contributed by atoms with Gasteiger partial charge in [0.1, 0.15) is 17.2 Å². The van der Waals surface area contributed by atoms with E-state index in [0.29, 0.717) is 4.90 Å². The van der Waals surface area contributed by atoms with Crippen molar-refractivity contribution in [3.63, 3.8) is 0 Å². The Morgan fingerprint density at radius 1 is 1.24 bits per heavy atom. The van der Waals surface area contributed by atoms with Crippen molar-refractivity contribution < 1.29 is 32.3 Å². The van der Waals surface area contributed by atoms with Crippen LogP contribution in [0.5, 0.6) is 0 Å². The summed E-state index contributed by atoms with van der Waals surface area (Å²) in [6.07, 6.45) is -5.17. The summed E-state index contributed by atoms with van der Waals surface area (Å²) in [5, 5.41) is 7.86. The molecule has 0 saturated carbocycles. The van der Waals surface area contributed by atoms with Crippen molar-refractivity contribution >= 4 is 23.6 Å². The summed E-state index contributed by atoms with van der Waals surface area (Å²) in [5.41, 5.74) is 0.239. The molecule has 2 unspecified atom stereocenters. The summed E-state index contributed by atoms with van der Waals surface area (Å²) in [4.78, 5) is 22.8. The molecule has 1 amide bonds. The van der Waals surface area contributed by atoms with Gasteiger partial charge >= 0.3 is 18.1 Å². The maximum absolute atomic E-state index is 12.9. The Morgan fingerprint density at radius 3 is 2.29 bits per heavy atom. The molecule has 0 radical (unpaired) electrons. The minimum absolute atomic E-state index is 0.167. The molecule has 0 aromatic heterocycles. The first-order chi connectivity index (χ1) is 9.71. The third kappa shape index (κ3) is 3.12. The maximum atomic E-state index is 12.9. The van der Waals surface area contributed by atoms with Crippen molar-refractivity contribution in [2.24, 2.45) is 0 Å². The largest absolute Gasteiger partial charge is 0.480 e. The minimum Gasteiger partial charge on any atom is -0.480 e. The number of hydrogen-bond acceptors (Lipinski definition) is 3. The molecule has 114 valence electrons. The highest BCUT2D eigenvalue weighted by Gasteiger charge is 2.52. The van der Waals surface area contributed by atoms with E-state index in [1.54, 1.807) is 0 Å². The first-order valence-corrected chi connectivity index (χ1v) is 6.76. The Labute approximate surface area is 120 Å². The van der Waals surface area contributed by atoms with Crippen molar-refractivity contribution in [3.05, 3.63) is 35.6 Å². The highest BCUT2D eigenvalue weighted by atomic mass is 32.2. The molecular weight excluding hydrogens is 314 g/mol. The summed E-state index contributed by atoms with van der Waals surface area (Å²) in [7, 11) is 0. The molecule has 1 aliphatic rings. The van der Waals surface area contributed by atoms with Crippen LogP contribution < -0.4 is 0 Å². The van der Waals surface area contributed by atoms with Gasteiger partial charge in [-0.05, 0) is 17.7 Å². The van der Waals surface area contributed by atoms with Crippen molar-refractivity contribution in [1.82, 2.24) is 4.90 Å². The van der Waals surface area contributed by atoms with Crippen LogP contribution in [0.25, 0.3) is 0 Å². The number of carboxylic acids is 1. The summed E-state index contributed by atoms with van der Waals surface area (Å²) in [6.45, 7) is 0. The van der Waals surface area contributed by atoms with Gasteiger partial charge in [-0.25, -0.2) is 9.18 Å². The molecule has 0 aliphatic carbocycles. The standard InChI is InChI=1S/C12H9F4NO3S/c13-7-3-1-6(2-4-7)9-17(11(20)12(14,15)16)8(5-21-9)10(18)19/h1-4,8-9H,5H2,(H,18,19). The van der Waals surface area contributed by atoms with Crippen molar-refractivity contribution in [2.75, 3.05) is 5.75 Å². The van der Waals surface area contributed by atoms with Crippen LogP contribution in [0.4, 0.5) is 17.6 Å². The molecule has 4 nitrogen and oxygen atoms in total. The molecule has 1 saturated heterocycles. The zero-order chi connectivity index (χ0) is 15.8. The smallest absolute Gasteiger partial charge is 0.471 e. The van der Waals surface area contributed by atoms with E-state index in [9.17, 15) is 27.2 Å². The molecular formula is C12H9F4NO3S. The van der Waals surface area contributed by atoms with Gasteiger partial charge in [0, 0.05) is 5.75 Å². The number of alkyl halides is 3. The maximum Gasteiger partial charge on any atom is 0.471 e. The van der Waals surface area contributed by atoms with Gasteiger partial charge in [0.2, 0.25) is 0 Å². The molecule has 1 heterocycles. The lowest BCUT2D eigenvalue weighted by Gasteiger charge is -2.28. The van der Waals surface area contributed by atoms with Crippen molar-refractivity contribution in [1.29, 1.82) is 0 Å². The Balaban J connectivity index is 2.38. The Kier molecular flexibility index (Phi) is 4.13. The van der Waals surface area contributed by atoms with Gasteiger partial charge in [0.15, 0.2) is 0 Å². The highest BCUT2D eigenvalue weighted by molar-refractivity contribution is 7.99. The molecule has 1 aliphatic heterocycles. The third-order valence-corrected chi connectivity index (χ3v) is 4.24. The zero-order valence-electron chi connectivity index (χ0n) is 10.3. The summed E-state index contributed by atoms with van der Waals surface area (Å²) in [5.74, 6) is -4.47. The average Bonchev–Trinajstić information content (AvgIpc) is 2.82. The van der Waals surface area contributed by atoms with Gasteiger partial charge in [-0.3, -0.25) is 4.79 Å². The quantitative estimate of drug-likeness (QED) is 0.849. The number of benzene rings is 1. The fourth-order valence-corrected chi connectivity index (χ4v) is 3.40. The van der Waals surface area contributed by atoms with Crippen molar-refractivity contribution in [2.45, 2.75) is 17.6 Å². The zero-order valence-corrected chi connectivity index (χ0v) is 11.1. The van der Waals surface area contributed by atoms with E-state index in [1.165, 1.54) is 12.1 Å². The number of amides is 1. The minimum atomic E-state index is -5.17. The van der Waals surface area contributed by atoms with Crippen LogP contribution >= 0.6 is 11.8 Å². The van der Waals surface area contributed by atoms with E-state index in [-0.39, 0.29) is 11.3 Å². The summed E-state index contributed by atoms with van der Waals surface area (Å²) >= 11 is 0.892.